The van der Waals surface area contributed by atoms with Gasteiger partial charge in [-0.25, -0.2) is 4.39 Å². The van der Waals surface area contributed by atoms with Crippen molar-refractivity contribution in [2.45, 2.75) is 26.3 Å². The van der Waals surface area contributed by atoms with Gasteiger partial charge >= 0.3 is 0 Å². The van der Waals surface area contributed by atoms with E-state index in [1.54, 1.807) is 23.9 Å². The smallest absolute Gasteiger partial charge is 0.131 e. The summed E-state index contributed by atoms with van der Waals surface area (Å²) < 4.78 is 17.1. The summed E-state index contributed by atoms with van der Waals surface area (Å²) in [6.45, 7) is 4.69. The minimum absolute atomic E-state index is 0.158. The van der Waals surface area contributed by atoms with Gasteiger partial charge in [-0.2, -0.15) is 5.10 Å². The molecule has 0 saturated carbocycles. The second kappa shape index (κ2) is 6.50. The van der Waals surface area contributed by atoms with Crippen LogP contribution in [0.3, 0.4) is 0 Å². The fraction of sp³-hybridized carbons (Fsp3) is 0.400. The highest BCUT2D eigenvalue weighted by atomic mass is 79.9. The van der Waals surface area contributed by atoms with Crippen molar-refractivity contribution in [2.75, 3.05) is 6.54 Å². The lowest BCUT2D eigenvalue weighted by atomic mass is 10.0. The van der Waals surface area contributed by atoms with Gasteiger partial charge in [-0.1, -0.05) is 25.1 Å². The molecule has 3 nitrogen and oxygen atoms in total. The first-order valence-electron chi connectivity index (χ1n) is 6.72. The zero-order valence-corrected chi connectivity index (χ0v) is 13.5. The quantitative estimate of drug-likeness (QED) is 0.899. The van der Waals surface area contributed by atoms with Gasteiger partial charge in [0.05, 0.1) is 22.4 Å². The Bertz CT molecular complexity index is 575. The molecule has 1 aromatic carbocycles. The summed E-state index contributed by atoms with van der Waals surface area (Å²) in [7, 11) is 1.87. The molecule has 0 spiro atoms. The van der Waals surface area contributed by atoms with Gasteiger partial charge in [0.25, 0.3) is 0 Å². The molecule has 0 aliphatic rings. The maximum absolute atomic E-state index is 14.4. The Morgan fingerprint density at radius 2 is 2.20 bits per heavy atom. The summed E-state index contributed by atoms with van der Waals surface area (Å²) in [5.41, 5.74) is 2.25. The topological polar surface area (TPSA) is 29.9 Å². The van der Waals surface area contributed by atoms with Gasteiger partial charge in [-0.3, -0.25) is 4.68 Å². The molecule has 1 N–H and O–H groups in total. The second-order valence-corrected chi connectivity index (χ2v) is 5.72. The molecule has 0 bridgehead atoms. The molecule has 1 atom stereocenters. The van der Waals surface area contributed by atoms with Crippen molar-refractivity contribution in [1.29, 1.82) is 0 Å². The fourth-order valence-corrected chi connectivity index (χ4v) is 2.86. The van der Waals surface area contributed by atoms with Crippen LogP contribution in [-0.4, -0.2) is 16.3 Å². The van der Waals surface area contributed by atoms with E-state index in [4.69, 9.17) is 0 Å². The first-order valence-corrected chi connectivity index (χ1v) is 7.51. The van der Waals surface area contributed by atoms with Crippen LogP contribution in [0.1, 0.15) is 36.2 Å². The number of halogens is 2. The van der Waals surface area contributed by atoms with E-state index >= 15 is 0 Å². The van der Waals surface area contributed by atoms with Crippen molar-refractivity contribution in [2.24, 2.45) is 7.05 Å². The van der Waals surface area contributed by atoms with Crippen LogP contribution < -0.4 is 5.32 Å². The predicted octanol–water partition coefficient (Wildman–Crippen LogP) is 3.72. The zero-order valence-electron chi connectivity index (χ0n) is 12.0. The number of nitrogens with zero attached hydrogens (tertiary/aromatic N) is 2. The SMILES string of the molecule is CCCNC(c1cccc(C)c1F)c1c(Br)cnn1C. The molecule has 1 heterocycles. The summed E-state index contributed by atoms with van der Waals surface area (Å²) >= 11 is 3.50. The number of rotatable bonds is 5. The molecule has 0 aliphatic heterocycles. The van der Waals surface area contributed by atoms with Crippen molar-refractivity contribution in [3.05, 3.63) is 51.5 Å². The minimum atomic E-state index is -0.211. The fourth-order valence-electron chi connectivity index (χ4n) is 2.28. The Hall–Kier alpha value is -1.20. The standard InChI is InChI=1S/C15H19BrFN3/c1-4-8-18-14(15-12(16)9-19-20(15)3)11-7-5-6-10(2)13(11)17/h5-7,9,14,18H,4,8H2,1-3H3. The lowest BCUT2D eigenvalue weighted by Gasteiger charge is -2.21. The Morgan fingerprint density at radius 1 is 1.45 bits per heavy atom. The highest BCUT2D eigenvalue weighted by molar-refractivity contribution is 9.10. The summed E-state index contributed by atoms with van der Waals surface area (Å²) in [4.78, 5) is 0. The summed E-state index contributed by atoms with van der Waals surface area (Å²) in [5, 5.41) is 7.64. The molecular formula is C15H19BrFN3. The van der Waals surface area contributed by atoms with Gasteiger partial charge in [-0.15, -0.1) is 0 Å². The molecule has 108 valence electrons. The number of aromatic nitrogens is 2. The number of hydrogen-bond donors (Lipinski definition) is 1. The Morgan fingerprint density at radius 3 is 2.80 bits per heavy atom. The Balaban J connectivity index is 2.50. The summed E-state index contributed by atoms with van der Waals surface area (Å²) in [6.07, 6.45) is 2.73. The third kappa shape index (κ3) is 2.94. The first-order chi connectivity index (χ1) is 9.56. The van der Waals surface area contributed by atoms with Gasteiger partial charge in [0.15, 0.2) is 0 Å². The van der Waals surface area contributed by atoms with Crippen molar-refractivity contribution in [3.63, 3.8) is 0 Å². The molecule has 1 aromatic heterocycles. The van der Waals surface area contributed by atoms with Crippen molar-refractivity contribution < 1.29 is 4.39 Å². The van der Waals surface area contributed by atoms with Gasteiger partial charge < -0.3 is 5.32 Å². The molecule has 20 heavy (non-hydrogen) atoms. The lowest BCUT2D eigenvalue weighted by Crippen LogP contribution is -2.26. The first kappa shape index (κ1) is 15.2. The average Bonchev–Trinajstić information content (AvgIpc) is 2.75. The second-order valence-electron chi connectivity index (χ2n) is 4.87. The third-order valence-corrected chi connectivity index (χ3v) is 3.95. The molecule has 2 rings (SSSR count). The third-order valence-electron chi connectivity index (χ3n) is 3.34. The molecule has 0 radical (unpaired) electrons. The van der Waals surface area contributed by atoms with Gasteiger partial charge in [-0.05, 0) is 41.4 Å². The van der Waals surface area contributed by atoms with E-state index in [-0.39, 0.29) is 11.9 Å². The molecule has 2 aromatic rings. The number of hydrogen-bond acceptors (Lipinski definition) is 2. The highest BCUT2D eigenvalue weighted by Gasteiger charge is 2.23. The van der Waals surface area contributed by atoms with Crippen LogP contribution in [0.4, 0.5) is 4.39 Å². The predicted molar refractivity (Wildman–Crippen MR) is 82.2 cm³/mol. The van der Waals surface area contributed by atoms with E-state index in [2.05, 4.69) is 33.3 Å². The molecule has 0 saturated heterocycles. The number of benzene rings is 1. The maximum Gasteiger partial charge on any atom is 0.131 e. The minimum Gasteiger partial charge on any atom is -0.305 e. The number of nitrogens with one attached hydrogen (secondary N) is 1. The molecular weight excluding hydrogens is 321 g/mol. The normalized spacial score (nSPS) is 12.7. The van der Waals surface area contributed by atoms with Crippen molar-refractivity contribution in [1.82, 2.24) is 15.1 Å². The van der Waals surface area contributed by atoms with Crippen LogP contribution in [-0.2, 0) is 7.05 Å². The van der Waals surface area contributed by atoms with Crippen LogP contribution in [0.25, 0.3) is 0 Å². The van der Waals surface area contributed by atoms with Crippen LogP contribution in [0.15, 0.2) is 28.9 Å². The average molecular weight is 340 g/mol. The zero-order chi connectivity index (χ0) is 14.7. The van der Waals surface area contributed by atoms with E-state index in [9.17, 15) is 4.39 Å². The molecule has 0 fully saturated rings. The maximum atomic E-state index is 14.4. The van der Waals surface area contributed by atoms with Gasteiger partial charge in [0, 0.05) is 12.6 Å². The molecule has 0 amide bonds. The van der Waals surface area contributed by atoms with Crippen LogP contribution >= 0.6 is 15.9 Å². The summed E-state index contributed by atoms with van der Waals surface area (Å²) in [5.74, 6) is -0.158. The van der Waals surface area contributed by atoms with Crippen LogP contribution in [0.2, 0.25) is 0 Å². The van der Waals surface area contributed by atoms with Gasteiger partial charge in [0.1, 0.15) is 5.82 Å². The van der Waals surface area contributed by atoms with Gasteiger partial charge in [0.2, 0.25) is 0 Å². The Kier molecular flexibility index (Phi) is 4.94. The van der Waals surface area contributed by atoms with Crippen LogP contribution in [0.5, 0.6) is 0 Å². The van der Waals surface area contributed by atoms with Crippen molar-refractivity contribution in [3.8, 4) is 0 Å². The monoisotopic (exact) mass is 339 g/mol. The molecule has 5 heteroatoms. The van der Waals surface area contributed by atoms with Crippen LogP contribution in [0, 0.1) is 12.7 Å². The van der Waals surface area contributed by atoms with Crippen molar-refractivity contribution >= 4 is 15.9 Å². The molecule has 0 aliphatic carbocycles. The highest BCUT2D eigenvalue weighted by Crippen LogP contribution is 2.30. The Labute approximate surface area is 127 Å². The largest absolute Gasteiger partial charge is 0.305 e. The lowest BCUT2D eigenvalue weighted by molar-refractivity contribution is 0.516. The van der Waals surface area contributed by atoms with E-state index in [0.717, 1.165) is 23.1 Å². The van der Waals surface area contributed by atoms with E-state index < -0.39 is 0 Å². The summed E-state index contributed by atoms with van der Waals surface area (Å²) in [6, 6.07) is 5.29. The molecule has 1 unspecified atom stereocenters. The number of aryl methyl sites for hydroxylation is 2. The van der Waals surface area contributed by atoms with E-state index in [1.807, 2.05) is 19.2 Å². The van der Waals surface area contributed by atoms with E-state index in [1.165, 1.54) is 0 Å². The van der Waals surface area contributed by atoms with E-state index in [0.29, 0.717) is 11.1 Å².